The lowest BCUT2D eigenvalue weighted by Crippen LogP contribution is -2.37. The van der Waals surface area contributed by atoms with Gasteiger partial charge in [-0.2, -0.15) is 5.10 Å². The van der Waals surface area contributed by atoms with Crippen LogP contribution in [-0.2, 0) is 4.74 Å². The molecule has 4 atom stereocenters. The van der Waals surface area contributed by atoms with Crippen molar-refractivity contribution in [1.29, 1.82) is 0 Å². The highest BCUT2D eigenvalue weighted by Crippen LogP contribution is 2.39. The van der Waals surface area contributed by atoms with Crippen molar-refractivity contribution in [3.8, 4) is 5.88 Å². The Kier molecular flexibility index (Phi) is 5.50. The molecular formula is C19H23F2N5O3. The summed E-state index contributed by atoms with van der Waals surface area (Å²) in [6.45, 7) is 2.24. The second kappa shape index (κ2) is 8.22. The minimum Gasteiger partial charge on any atom is -0.478 e. The zero-order valence-corrected chi connectivity index (χ0v) is 16.0. The largest absolute Gasteiger partial charge is 0.478 e. The number of hydrogen-bond donors (Lipinski definition) is 3. The Labute approximate surface area is 166 Å². The molecule has 1 amide bonds. The Morgan fingerprint density at radius 2 is 2.17 bits per heavy atom. The van der Waals surface area contributed by atoms with E-state index >= 15 is 0 Å². The molecule has 29 heavy (non-hydrogen) atoms. The fraction of sp³-hybridized carbons (Fsp3) is 0.526. The summed E-state index contributed by atoms with van der Waals surface area (Å²) >= 11 is 0. The molecule has 4 rings (SSSR count). The highest BCUT2D eigenvalue weighted by Gasteiger charge is 2.40. The zero-order chi connectivity index (χ0) is 20.4. The van der Waals surface area contributed by atoms with Crippen molar-refractivity contribution in [2.24, 2.45) is 0 Å². The van der Waals surface area contributed by atoms with Gasteiger partial charge in [0.15, 0.2) is 11.6 Å². The zero-order valence-electron chi connectivity index (χ0n) is 16.0. The summed E-state index contributed by atoms with van der Waals surface area (Å²) in [5.74, 6) is -0.643. The fourth-order valence-electron chi connectivity index (χ4n) is 3.71. The van der Waals surface area contributed by atoms with Gasteiger partial charge >= 0.3 is 6.09 Å². The standard InChI is InChI=1S/C19H23F2N5O3/c1-10-3-2-6-28-15-9-12(4-5-22-15)24-18-16(21)17(25-26-18)11-7-13(20)14(8-11)29-19(27)23-10/h4-5,9-11,13-14H,2-3,6-8H2,1H3,(H,23,27)(H2,24,25,26)/t10-,11?,13+,14-/m0/s1. The molecule has 3 heterocycles. The number of alkyl halides is 1. The Bertz CT molecular complexity index is 877. The second-order valence-corrected chi connectivity index (χ2v) is 7.47. The molecule has 156 valence electrons. The minimum absolute atomic E-state index is 0.00427. The van der Waals surface area contributed by atoms with Crippen LogP contribution in [0.2, 0.25) is 0 Å². The Hall–Kier alpha value is -2.91. The first-order valence-corrected chi connectivity index (χ1v) is 9.70. The van der Waals surface area contributed by atoms with E-state index in [9.17, 15) is 13.6 Å². The lowest BCUT2D eigenvalue weighted by Gasteiger charge is -2.18. The summed E-state index contributed by atoms with van der Waals surface area (Å²) in [5.41, 5.74) is 0.770. The molecule has 2 aliphatic rings. The predicted molar refractivity (Wildman–Crippen MR) is 101 cm³/mol. The molecule has 6 bridgehead atoms. The van der Waals surface area contributed by atoms with Gasteiger partial charge in [-0.3, -0.25) is 5.10 Å². The van der Waals surface area contributed by atoms with Crippen LogP contribution in [0.3, 0.4) is 0 Å². The summed E-state index contributed by atoms with van der Waals surface area (Å²) in [6, 6.07) is 3.17. The number of carbonyl (C=O) groups is 1. The maximum Gasteiger partial charge on any atom is 0.407 e. The quantitative estimate of drug-likeness (QED) is 0.617. The predicted octanol–water partition coefficient (Wildman–Crippen LogP) is 3.56. The lowest BCUT2D eigenvalue weighted by atomic mass is 10.0. The van der Waals surface area contributed by atoms with Crippen LogP contribution < -0.4 is 15.4 Å². The second-order valence-electron chi connectivity index (χ2n) is 7.47. The minimum atomic E-state index is -1.36. The molecule has 2 aromatic heterocycles. The van der Waals surface area contributed by atoms with Gasteiger partial charge in [0.05, 0.1) is 12.3 Å². The Morgan fingerprint density at radius 3 is 3.03 bits per heavy atom. The van der Waals surface area contributed by atoms with Crippen LogP contribution in [0.5, 0.6) is 5.88 Å². The molecule has 0 saturated heterocycles. The van der Waals surface area contributed by atoms with Gasteiger partial charge in [0, 0.05) is 29.9 Å². The summed E-state index contributed by atoms with van der Waals surface area (Å²) < 4.78 is 40.2. The fourth-order valence-corrected chi connectivity index (χ4v) is 3.71. The number of amides is 1. The third kappa shape index (κ3) is 4.41. The van der Waals surface area contributed by atoms with Crippen molar-refractivity contribution in [3.63, 3.8) is 0 Å². The summed E-state index contributed by atoms with van der Waals surface area (Å²) in [7, 11) is 0. The van der Waals surface area contributed by atoms with E-state index in [2.05, 4.69) is 25.8 Å². The average molecular weight is 407 g/mol. The number of hydrogen-bond acceptors (Lipinski definition) is 6. The first-order chi connectivity index (χ1) is 14.0. The van der Waals surface area contributed by atoms with Crippen LogP contribution in [0.4, 0.5) is 25.1 Å². The summed E-state index contributed by atoms with van der Waals surface area (Å²) in [4.78, 5) is 16.2. The van der Waals surface area contributed by atoms with Gasteiger partial charge in [-0.1, -0.05) is 0 Å². The molecule has 10 heteroatoms. The number of ether oxygens (including phenoxy) is 2. The molecule has 2 aromatic rings. The van der Waals surface area contributed by atoms with Crippen LogP contribution in [0.1, 0.15) is 44.2 Å². The average Bonchev–Trinajstić information content (AvgIpc) is 3.21. The van der Waals surface area contributed by atoms with Crippen molar-refractivity contribution in [2.75, 3.05) is 11.9 Å². The number of halogens is 2. The van der Waals surface area contributed by atoms with E-state index in [1.165, 1.54) is 0 Å². The highest BCUT2D eigenvalue weighted by atomic mass is 19.1. The van der Waals surface area contributed by atoms with Crippen LogP contribution in [0.15, 0.2) is 18.3 Å². The first-order valence-electron chi connectivity index (χ1n) is 9.70. The maximum atomic E-state index is 14.9. The normalized spacial score (nSPS) is 27.6. The number of alkyl carbamates (subject to hydrolysis) is 1. The number of nitrogens with zero attached hydrogens (tertiary/aromatic N) is 2. The number of carbonyl (C=O) groups excluding carboxylic acids is 1. The monoisotopic (exact) mass is 407 g/mol. The van der Waals surface area contributed by atoms with Gasteiger partial charge in [-0.15, -0.1) is 0 Å². The Morgan fingerprint density at radius 1 is 1.31 bits per heavy atom. The van der Waals surface area contributed by atoms with Gasteiger partial charge in [-0.25, -0.2) is 18.6 Å². The van der Waals surface area contributed by atoms with Gasteiger partial charge in [0.1, 0.15) is 12.3 Å². The van der Waals surface area contributed by atoms with Gasteiger partial charge < -0.3 is 20.1 Å². The molecule has 0 spiro atoms. The van der Waals surface area contributed by atoms with Gasteiger partial charge in [-0.05, 0) is 38.7 Å². The Balaban J connectivity index is 1.59. The van der Waals surface area contributed by atoms with Crippen LogP contribution in [0.25, 0.3) is 0 Å². The van der Waals surface area contributed by atoms with E-state index < -0.39 is 30.1 Å². The molecule has 1 aliphatic heterocycles. The number of aromatic nitrogens is 3. The number of nitrogens with one attached hydrogen (secondary N) is 3. The molecule has 0 radical (unpaired) electrons. The van der Waals surface area contributed by atoms with Crippen LogP contribution in [-0.4, -0.2) is 46.2 Å². The van der Waals surface area contributed by atoms with Gasteiger partial charge in [0.25, 0.3) is 0 Å². The van der Waals surface area contributed by atoms with Crippen molar-refractivity contribution >= 4 is 17.6 Å². The molecular weight excluding hydrogens is 384 g/mol. The van der Waals surface area contributed by atoms with Gasteiger partial charge in [0.2, 0.25) is 5.88 Å². The van der Waals surface area contributed by atoms with E-state index in [1.54, 1.807) is 18.3 Å². The number of rotatable bonds is 0. The van der Waals surface area contributed by atoms with E-state index in [1.807, 2.05) is 6.92 Å². The molecule has 1 fully saturated rings. The highest BCUT2D eigenvalue weighted by molar-refractivity contribution is 5.67. The van der Waals surface area contributed by atoms with E-state index in [4.69, 9.17) is 9.47 Å². The third-order valence-electron chi connectivity index (χ3n) is 5.22. The van der Waals surface area contributed by atoms with Crippen LogP contribution in [0, 0.1) is 5.82 Å². The number of pyridine rings is 1. The van der Waals surface area contributed by atoms with Crippen molar-refractivity contribution in [1.82, 2.24) is 20.5 Å². The molecule has 3 N–H and O–H groups in total. The topological polar surface area (TPSA) is 101 Å². The number of aromatic amines is 1. The smallest absolute Gasteiger partial charge is 0.407 e. The summed E-state index contributed by atoms with van der Waals surface area (Å²) in [6.07, 6.45) is 0.183. The molecule has 1 saturated carbocycles. The van der Waals surface area contributed by atoms with E-state index in [0.29, 0.717) is 31.0 Å². The lowest BCUT2D eigenvalue weighted by molar-refractivity contribution is 0.0586. The van der Waals surface area contributed by atoms with Crippen LogP contribution >= 0.6 is 0 Å². The molecule has 1 unspecified atom stereocenters. The first kappa shape index (κ1) is 19.4. The van der Waals surface area contributed by atoms with Crippen molar-refractivity contribution in [3.05, 3.63) is 29.8 Å². The van der Waals surface area contributed by atoms with E-state index in [0.717, 1.165) is 0 Å². The van der Waals surface area contributed by atoms with Crippen molar-refractivity contribution < 1.29 is 23.0 Å². The number of fused-ring (bicyclic) bond motifs is 7. The summed E-state index contributed by atoms with van der Waals surface area (Å²) in [5, 5.41) is 12.2. The molecule has 8 nitrogen and oxygen atoms in total. The van der Waals surface area contributed by atoms with E-state index in [-0.39, 0.29) is 30.4 Å². The number of H-pyrrole nitrogens is 1. The molecule has 1 aliphatic carbocycles. The number of anilines is 2. The molecule has 0 aromatic carbocycles. The van der Waals surface area contributed by atoms with Crippen molar-refractivity contribution in [2.45, 2.75) is 56.8 Å². The SMILES string of the molecule is C[C@H]1CCCOc2cc(ccn2)Nc2n[nH]c(c2F)C2C[C@@H](F)[C@H](C2)OC(=O)N1. The third-order valence-corrected chi connectivity index (χ3v) is 5.22. The maximum absolute atomic E-state index is 14.9.